The van der Waals surface area contributed by atoms with Crippen LogP contribution in [0, 0.1) is 5.92 Å². The second kappa shape index (κ2) is 9.73. The Morgan fingerprint density at radius 2 is 1.65 bits per heavy atom. The SMILES string of the molecule is O=C(NC1CCCC1)[C@H]1CCCN(S(=O)(=O)c2c[nH]c(C(=O)N3CCCCCC3)c2)C1. The van der Waals surface area contributed by atoms with Crippen molar-refractivity contribution in [2.75, 3.05) is 26.2 Å². The van der Waals surface area contributed by atoms with E-state index in [0.717, 1.165) is 51.4 Å². The summed E-state index contributed by atoms with van der Waals surface area (Å²) in [6.07, 6.45) is 11.3. The van der Waals surface area contributed by atoms with Gasteiger partial charge in [0.2, 0.25) is 15.9 Å². The van der Waals surface area contributed by atoms with Crippen molar-refractivity contribution in [1.29, 1.82) is 0 Å². The van der Waals surface area contributed by atoms with Gasteiger partial charge in [-0.1, -0.05) is 25.7 Å². The second-order valence-electron chi connectivity index (χ2n) is 9.15. The quantitative estimate of drug-likeness (QED) is 0.719. The Hall–Kier alpha value is -1.87. The molecule has 3 aliphatic rings. The molecule has 1 aromatic heterocycles. The van der Waals surface area contributed by atoms with Crippen LogP contribution < -0.4 is 5.32 Å². The summed E-state index contributed by atoms with van der Waals surface area (Å²) >= 11 is 0. The lowest BCUT2D eigenvalue weighted by Gasteiger charge is -2.31. The predicted molar refractivity (Wildman–Crippen MR) is 117 cm³/mol. The van der Waals surface area contributed by atoms with Crippen LogP contribution in [0.25, 0.3) is 0 Å². The molecule has 172 valence electrons. The van der Waals surface area contributed by atoms with E-state index in [-0.39, 0.29) is 35.2 Å². The summed E-state index contributed by atoms with van der Waals surface area (Å²) in [4.78, 5) is 30.3. The zero-order valence-electron chi connectivity index (χ0n) is 18.1. The van der Waals surface area contributed by atoms with Gasteiger partial charge in [0.25, 0.3) is 5.91 Å². The Morgan fingerprint density at radius 3 is 2.35 bits per heavy atom. The highest BCUT2D eigenvalue weighted by atomic mass is 32.2. The van der Waals surface area contributed by atoms with Gasteiger partial charge in [0.15, 0.2) is 0 Å². The summed E-state index contributed by atoms with van der Waals surface area (Å²) in [5.41, 5.74) is 0.313. The van der Waals surface area contributed by atoms with E-state index >= 15 is 0 Å². The van der Waals surface area contributed by atoms with Crippen LogP contribution in [0.5, 0.6) is 0 Å². The first kappa shape index (κ1) is 22.3. The molecule has 3 fully saturated rings. The van der Waals surface area contributed by atoms with E-state index in [4.69, 9.17) is 0 Å². The van der Waals surface area contributed by atoms with Gasteiger partial charge in [0.05, 0.1) is 5.92 Å². The fraction of sp³-hybridized carbons (Fsp3) is 0.727. The number of sulfonamides is 1. The highest BCUT2D eigenvalue weighted by Gasteiger charge is 2.35. The molecule has 0 bridgehead atoms. The molecule has 8 nitrogen and oxygen atoms in total. The normalized spacial score (nSPS) is 24.1. The van der Waals surface area contributed by atoms with Crippen molar-refractivity contribution >= 4 is 21.8 Å². The molecule has 31 heavy (non-hydrogen) atoms. The van der Waals surface area contributed by atoms with E-state index in [1.165, 1.54) is 16.6 Å². The Kier molecular flexibility index (Phi) is 7.01. The van der Waals surface area contributed by atoms with Gasteiger partial charge < -0.3 is 15.2 Å². The predicted octanol–water partition coefficient (Wildman–Crippen LogP) is 2.49. The molecule has 9 heteroatoms. The molecule has 2 amide bonds. The van der Waals surface area contributed by atoms with Crippen molar-refractivity contribution in [1.82, 2.24) is 19.5 Å². The number of nitrogens with one attached hydrogen (secondary N) is 2. The molecule has 2 saturated heterocycles. The topological polar surface area (TPSA) is 103 Å². The fourth-order valence-corrected chi connectivity index (χ4v) is 6.52. The van der Waals surface area contributed by atoms with E-state index in [2.05, 4.69) is 10.3 Å². The summed E-state index contributed by atoms with van der Waals surface area (Å²) in [6.45, 7) is 2.02. The third kappa shape index (κ3) is 5.14. The summed E-state index contributed by atoms with van der Waals surface area (Å²) in [6, 6.07) is 1.68. The molecular weight excluding hydrogens is 416 g/mol. The number of H-pyrrole nitrogens is 1. The first-order chi connectivity index (χ1) is 14.9. The molecule has 0 radical (unpaired) electrons. The first-order valence-electron chi connectivity index (χ1n) is 11.7. The van der Waals surface area contributed by atoms with Crippen LogP contribution in [-0.2, 0) is 14.8 Å². The van der Waals surface area contributed by atoms with E-state index in [1.54, 1.807) is 4.90 Å². The zero-order chi connectivity index (χ0) is 21.8. The van der Waals surface area contributed by atoms with Gasteiger partial charge in [-0.2, -0.15) is 4.31 Å². The number of hydrogen-bond donors (Lipinski definition) is 2. The third-order valence-electron chi connectivity index (χ3n) is 6.87. The number of aromatic amines is 1. The van der Waals surface area contributed by atoms with E-state index in [9.17, 15) is 18.0 Å². The van der Waals surface area contributed by atoms with Crippen molar-refractivity contribution in [3.63, 3.8) is 0 Å². The molecule has 1 aromatic rings. The third-order valence-corrected chi connectivity index (χ3v) is 8.72. The van der Waals surface area contributed by atoms with Crippen molar-refractivity contribution in [2.24, 2.45) is 5.92 Å². The number of amides is 2. The highest BCUT2D eigenvalue weighted by Crippen LogP contribution is 2.26. The van der Waals surface area contributed by atoms with Crippen molar-refractivity contribution in [3.8, 4) is 0 Å². The van der Waals surface area contributed by atoms with Crippen LogP contribution in [-0.4, -0.2) is 66.6 Å². The highest BCUT2D eigenvalue weighted by molar-refractivity contribution is 7.89. The van der Waals surface area contributed by atoms with Crippen molar-refractivity contribution < 1.29 is 18.0 Å². The molecule has 3 heterocycles. The number of aromatic nitrogens is 1. The fourth-order valence-electron chi connectivity index (χ4n) is 5.00. The summed E-state index contributed by atoms with van der Waals surface area (Å²) < 4.78 is 27.8. The second-order valence-corrected chi connectivity index (χ2v) is 11.1. The summed E-state index contributed by atoms with van der Waals surface area (Å²) in [5.74, 6) is -0.491. The lowest BCUT2D eigenvalue weighted by atomic mass is 9.98. The first-order valence-corrected chi connectivity index (χ1v) is 13.2. The lowest BCUT2D eigenvalue weighted by molar-refractivity contribution is -0.126. The van der Waals surface area contributed by atoms with Gasteiger partial charge in [-0.25, -0.2) is 8.42 Å². The number of likely N-dealkylation sites (tertiary alicyclic amines) is 1. The van der Waals surface area contributed by atoms with Crippen LogP contribution in [0.3, 0.4) is 0 Å². The van der Waals surface area contributed by atoms with Crippen LogP contribution in [0.2, 0.25) is 0 Å². The van der Waals surface area contributed by atoms with Gasteiger partial charge >= 0.3 is 0 Å². The number of piperidine rings is 1. The van der Waals surface area contributed by atoms with Gasteiger partial charge in [0.1, 0.15) is 10.6 Å². The monoisotopic (exact) mass is 450 g/mol. The molecule has 0 spiro atoms. The molecule has 1 saturated carbocycles. The Balaban J connectivity index is 1.41. The number of carbonyl (C=O) groups excluding carboxylic acids is 2. The van der Waals surface area contributed by atoms with Crippen LogP contribution in [0.15, 0.2) is 17.2 Å². The van der Waals surface area contributed by atoms with E-state index < -0.39 is 10.0 Å². The van der Waals surface area contributed by atoms with Gasteiger partial charge in [-0.15, -0.1) is 0 Å². The van der Waals surface area contributed by atoms with Gasteiger partial charge in [0, 0.05) is 38.4 Å². The molecule has 1 atom stereocenters. The average Bonchev–Trinajstić information content (AvgIpc) is 3.40. The largest absolute Gasteiger partial charge is 0.356 e. The van der Waals surface area contributed by atoms with Gasteiger partial charge in [-0.05, 0) is 44.6 Å². The minimum atomic E-state index is -3.75. The Bertz CT molecular complexity index is 883. The molecule has 0 unspecified atom stereocenters. The molecule has 1 aliphatic carbocycles. The summed E-state index contributed by atoms with van der Waals surface area (Å²) in [7, 11) is -3.75. The summed E-state index contributed by atoms with van der Waals surface area (Å²) in [5, 5.41) is 3.10. The Labute approximate surface area is 184 Å². The maximum Gasteiger partial charge on any atom is 0.270 e. The molecular formula is C22H34N4O4S. The number of hydrogen-bond acceptors (Lipinski definition) is 4. The number of nitrogens with zero attached hydrogens (tertiary/aromatic N) is 2. The zero-order valence-corrected chi connectivity index (χ0v) is 19.0. The van der Waals surface area contributed by atoms with Crippen molar-refractivity contribution in [2.45, 2.75) is 75.1 Å². The lowest BCUT2D eigenvalue weighted by Crippen LogP contribution is -2.47. The number of rotatable bonds is 5. The maximum atomic E-state index is 13.2. The minimum absolute atomic E-state index is 0.0297. The van der Waals surface area contributed by atoms with Crippen LogP contribution >= 0.6 is 0 Å². The molecule has 0 aromatic carbocycles. The van der Waals surface area contributed by atoms with Crippen LogP contribution in [0.4, 0.5) is 0 Å². The smallest absolute Gasteiger partial charge is 0.270 e. The van der Waals surface area contributed by atoms with Crippen LogP contribution in [0.1, 0.15) is 74.7 Å². The van der Waals surface area contributed by atoms with Crippen molar-refractivity contribution in [3.05, 3.63) is 18.0 Å². The molecule has 2 N–H and O–H groups in total. The van der Waals surface area contributed by atoms with Gasteiger partial charge in [-0.3, -0.25) is 9.59 Å². The number of carbonyl (C=O) groups is 2. The van der Waals surface area contributed by atoms with E-state index in [1.807, 2.05) is 0 Å². The molecule has 2 aliphatic heterocycles. The average molecular weight is 451 g/mol. The minimum Gasteiger partial charge on any atom is -0.356 e. The Morgan fingerprint density at radius 1 is 0.935 bits per heavy atom. The van der Waals surface area contributed by atoms with E-state index in [0.29, 0.717) is 38.2 Å². The maximum absolute atomic E-state index is 13.2. The molecule has 4 rings (SSSR count). The standard InChI is InChI=1S/C22H34N4O4S/c27-21(24-18-9-3-4-10-18)17-8-7-13-26(16-17)31(29,30)19-14-20(23-15-19)22(28)25-11-5-1-2-6-12-25/h14-15,17-18,23H,1-13,16H2,(H,24,27)/t17-/m0/s1.